The van der Waals surface area contributed by atoms with Crippen LogP contribution in [0.15, 0.2) is 0 Å². The molecule has 0 aliphatic heterocycles. The Labute approximate surface area is 119 Å². The zero-order chi connectivity index (χ0) is 14.0. The van der Waals surface area contributed by atoms with E-state index in [1.165, 1.54) is 30.8 Å². The third kappa shape index (κ3) is 2.65. The van der Waals surface area contributed by atoms with Gasteiger partial charge in [0.1, 0.15) is 0 Å². The van der Waals surface area contributed by atoms with E-state index >= 15 is 0 Å². The first-order valence-electron chi connectivity index (χ1n) is 6.76. The van der Waals surface area contributed by atoms with Crippen molar-refractivity contribution in [2.24, 2.45) is 0 Å². The van der Waals surface area contributed by atoms with Crippen molar-refractivity contribution in [1.82, 2.24) is 9.27 Å². The summed E-state index contributed by atoms with van der Waals surface area (Å²) in [4.78, 5) is 4.58. The average molecular weight is 284 g/mol. The maximum absolute atomic E-state index is 5.87. The van der Waals surface area contributed by atoms with Gasteiger partial charge in [0.25, 0.3) is 0 Å². The molecule has 108 valence electrons. The molecule has 0 unspecified atom stereocenters. The molecule has 5 nitrogen and oxygen atoms in total. The van der Waals surface area contributed by atoms with Crippen molar-refractivity contribution < 1.29 is 4.74 Å². The van der Waals surface area contributed by atoms with Crippen molar-refractivity contribution in [1.29, 1.82) is 0 Å². The topological polar surface area (TPSA) is 54.6 Å². The monoisotopic (exact) mass is 284 g/mol. The fraction of sp³-hybridized carbons (Fsp3) is 0.769. The molecule has 1 heterocycles. The molecule has 19 heavy (non-hydrogen) atoms. The number of hydrogen-bond donors (Lipinski definition) is 1. The highest BCUT2D eigenvalue weighted by Gasteiger charge is 2.40. The fourth-order valence-electron chi connectivity index (χ4n) is 2.65. The number of nitrogens with zero attached hydrogens (tertiary/aromatic N) is 3. The Morgan fingerprint density at radius 1 is 1.37 bits per heavy atom. The van der Waals surface area contributed by atoms with Crippen LogP contribution in [0.3, 0.4) is 0 Å². The minimum atomic E-state index is 0.289. The smallest absolute Gasteiger partial charge is 0.197 e. The Bertz CT molecular complexity index is 428. The van der Waals surface area contributed by atoms with Gasteiger partial charge < -0.3 is 20.3 Å². The van der Waals surface area contributed by atoms with Gasteiger partial charge in [0.2, 0.25) is 0 Å². The summed E-state index contributed by atoms with van der Waals surface area (Å²) in [7, 11) is 6.42. The van der Waals surface area contributed by atoms with Crippen LogP contribution >= 0.6 is 11.5 Å². The molecule has 1 fully saturated rings. The predicted octanol–water partition coefficient (Wildman–Crippen LogP) is 2.04. The van der Waals surface area contributed by atoms with Gasteiger partial charge in [0.05, 0.1) is 6.61 Å². The molecule has 0 atom stereocenters. The van der Waals surface area contributed by atoms with Crippen LogP contribution < -0.4 is 15.4 Å². The molecule has 6 heteroatoms. The summed E-state index contributed by atoms with van der Waals surface area (Å²) < 4.78 is 9.84. The first-order chi connectivity index (χ1) is 9.00. The number of aromatic nitrogens is 1. The Balaban J connectivity index is 2.13. The van der Waals surface area contributed by atoms with E-state index in [1.807, 2.05) is 6.92 Å². The van der Waals surface area contributed by atoms with Gasteiger partial charge in [0, 0.05) is 19.1 Å². The number of likely N-dealkylation sites (N-methyl/N-ethyl adjacent to an activating group) is 2. The quantitative estimate of drug-likeness (QED) is 0.866. The molecule has 0 radical (unpaired) electrons. The normalized spacial score (nSPS) is 17.3. The van der Waals surface area contributed by atoms with E-state index in [4.69, 9.17) is 10.5 Å². The van der Waals surface area contributed by atoms with Crippen LogP contribution in [0.1, 0.15) is 26.2 Å². The summed E-state index contributed by atoms with van der Waals surface area (Å²) in [5.74, 6) is 1.24. The highest BCUT2D eigenvalue weighted by Crippen LogP contribution is 2.42. The number of hydrogen-bond acceptors (Lipinski definition) is 6. The van der Waals surface area contributed by atoms with Crippen LogP contribution in [0.25, 0.3) is 0 Å². The second kappa shape index (κ2) is 5.54. The molecule has 1 aliphatic rings. The fourth-order valence-corrected chi connectivity index (χ4v) is 3.37. The van der Waals surface area contributed by atoms with Gasteiger partial charge in [-0.25, -0.2) is 0 Å². The van der Waals surface area contributed by atoms with Crippen molar-refractivity contribution in [2.75, 3.05) is 44.9 Å². The minimum absolute atomic E-state index is 0.289. The van der Waals surface area contributed by atoms with Crippen molar-refractivity contribution in [3.8, 4) is 5.75 Å². The van der Waals surface area contributed by atoms with Crippen molar-refractivity contribution in [3.63, 3.8) is 0 Å². The van der Waals surface area contributed by atoms with Gasteiger partial charge >= 0.3 is 0 Å². The number of rotatable bonds is 6. The lowest BCUT2D eigenvalue weighted by Crippen LogP contribution is -2.56. The zero-order valence-corrected chi connectivity index (χ0v) is 13.1. The molecule has 1 aromatic heterocycles. The second-order valence-electron chi connectivity index (χ2n) is 5.46. The summed E-state index contributed by atoms with van der Waals surface area (Å²) in [6, 6.07) is 0. The summed E-state index contributed by atoms with van der Waals surface area (Å²) in [6.45, 7) is 3.57. The Morgan fingerprint density at radius 2 is 2.05 bits per heavy atom. The highest BCUT2D eigenvalue weighted by molar-refractivity contribution is 7.11. The Morgan fingerprint density at radius 3 is 2.53 bits per heavy atom. The third-order valence-electron chi connectivity index (χ3n) is 4.06. The predicted molar refractivity (Wildman–Crippen MR) is 81.2 cm³/mol. The lowest BCUT2D eigenvalue weighted by Gasteiger charge is -2.49. The van der Waals surface area contributed by atoms with Crippen LogP contribution in [0, 0.1) is 0 Å². The molecule has 0 bridgehead atoms. The Hall–Kier alpha value is -1.01. The molecular weight excluding hydrogens is 260 g/mol. The van der Waals surface area contributed by atoms with Gasteiger partial charge in [-0.1, -0.05) is 0 Å². The maximum Gasteiger partial charge on any atom is 0.197 e. The van der Waals surface area contributed by atoms with Crippen LogP contribution in [0.2, 0.25) is 0 Å². The van der Waals surface area contributed by atoms with Crippen molar-refractivity contribution in [3.05, 3.63) is 0 Å². The van der Waals surface area contributed by atoms with E-state index in [2.05, 4.69) is 35.3 Å². The molecule has 1 aliphatic carbocycles. The Kier molecular flexibility index (Phi) is 4.20. The van der Waals surface area contributed by atoms with Gasteiger partial charge in [-0.2, -0.15) is 4.37 Å². The van der Waals surface area contributed by atoms with E-state index in [0.717, 1.165) is 17.3 Å². The van der Waals surface area contributed by atoms with Gasteiger partial charge in [-0.15, -0.1) is 0 Å². The lowest BCUT2D eigenvalue weighted by molar-refractivity contribution is 0.0683. The number of anilines is 2. The van der Waals surface area contributed by atoms with Crippen LogP contribution in [0.5, 0.6) is 5.75 Å². The zero-order valence-electron chi connectivity index (χ0n) is 12.3. The second-order valence-corrected chi connectivity index (χ2v) is 6.22. The third-order valence-corrected chi connectivity index (χ3v) is 5.02. The highest BCUT2D eigenvalue weighted by atomic mass is 32.1. The summed E-state index contributed by atoms with van der Waals surface area (Å²) in [6.07, 6.45) is 3.82. The molecule has 0 amide bonds. The van der Waals surface area contributed by atoms with E-state index in [9.17, 15) is 0 Å². The van der Waals surface area contributed by atoms with Crippen molar-refractivity contribution in [2.45, 2.75) is 31.7 Å². The first kappa shape index (κ1) is 14.4. The molecule has 2 N–H and O–H groups in total. The number of ether oxygens (including phenoxy) is 1. The van der Waals surface area contributed by atoms with E-state index in [0.29, 0.717) is 12.4 Å². The van der Waals surface area contributed by atoms with Crippen molar-refractivity contribution >= 4 is 22.4 Å². The molecule has 0 saturated heterocycles. The summed E-state index contributed by atoms with van der Waals surface area (Å²) in [5.41, 5.74) is 6.16. The summed E-state index contributed by atoms with van der Waals surface area (Å²) >= 11 is 1.42. The van der Waals surface area contributed by atoms with E-state index in [1.54, 1.807) is 0 Å². The number of nitrogen functional groups attached to an aromatic ring is 1. The van der Waals surface area contributed by atoms with Gasteiger partial charge in [-0.3, -0.25) is 0 Å². The average Bonchev–Trinajstić information content (AvgIpc) is 2.66. The first-order valence-corrected chi connectivity index (χ1v) is 7.54. The molecule has 1 saturated carbocycles. The molecule has 1 aromatic rings. The van der Waals surface area contributed by atoms with E-state index in [-0.39, 0.29) is 5.54 Å². The van der Waals surface area contributed by atoms with Crippen LogP contribution in [-0.4, -0.2) is 49.1 Å². The molecule has 2 rings (SSSR count). The minimum Gasteiger partial charge on any atom is -0.487 e. The maximum atomic E-state index is 5.87. The number of nitrogens with two attached hydrogens (primary N) is 1. The van der Waals surface area contributed by atoms with Gasteiger partial charge in [-0.05, 0) is 51.8 Å². The standard InChI is InChI=1S/C13H24N4OS/c1-5-18-10-11(14)15-19-12(10)17(4)9-13(16(2)3)7-6-8-13/h5-9H2,1-4H3,(H2,14,15). The SMILES string of the molecule is CCOc1c(N)nsc1N(C)CC1(N(C)C)CCC1. The van der Waals surface area contributed by atoms with Gasteiger partial charge in [0.15, 0.2) is 16.6 Å². The van der Waals surface area contributed by atoms with Crippen LogP contribution in [0.4, 0.5) is 10.8 Å². The largest absolute Gasteiger partial charge is 0.487 e. The molecular formula is C13H24N4OS. The lowest BCUT2D eigenvalue weighted by atomic mass is 9.75. The van der Waals surface area contributed by atoms with E-state index < -0.39 is 0 Å². The molecule has 0 spiro atoms. The van der Waals surface area contributed by atoms with Crippen LogP contribution in [-0.2, 0) is 0 Å². The summed E-state index contributed by atoms with van der Waals surface area (Å²) in [5, 5.41) is 1.03. The molecule has 0 aromatic carbocycles.